The van der Waals surface area contributed by atoms with Crippen LogP contribution in [-0.4, -0.2) is 37.4 Å². The van der Waals surface area contributed by atoms with Crippen LogP contribution < -0.4 is 10.1 Å². The number of ether oxygens (including phenoxy) is 3. The Morgan fingerprint density at radius 2 is 2.08 bits per heavy atom. The highest BCUT2D eigenvalue weighted by atomic mass is 16.6. The fourth-order valence-corrected chi connectivity index (χ4v) is 2.56. The van der Waals surface area contributed by atoms with Gasteiger partial charge in [0.15, 0.2) is 0 Å². The van der Waals surface area contributed by atoms with E-state index >= 15 is 0 Å². The number of carbonyl (C=O) groups excluding carboxylic acids is 2. The smallest absolute Gasteiger partial charge is 0.408 e. The summed E-state index contributed by atoms with van der Waals surface area (Å²) in [6.07, 6.45) is 1.62. The second-order valence-electron chi connectivity index (χ2n) is 6.82. The van der Waals surface area contributed by atoms with Gasteiger partial charge in [-0.2, -0.15) is 0 Å². The fraction of sp³-hybridized carbons (Fsp3) is 0.556. The molecule has 0 aliphatic carbocycles. The molecule has 1 atom stereocenters. The van der Waals surface area contributed by atoms with Crippen molar-refractivity contribution in [3.8, 4) is 5.75 Å². The number of amides is 1. The molecular formula is C18H25NO5. The van der Waals surface area contributed by atoms with E-state index in [9.17, 15) is 9.59 Å². The lowest BCUT2D eigenvalue weighted by molar-refractivity contribution is -0.143. The summed E-state index contributed by atoms with van der Waals surface area (Å²) in [5, 5.41) is 2.59. The van der Waals surface area contributed by atoms with Crippen molar-refractivity contribution in [3.05, 3.63) is 29.3 Å². The average molecular weight is 335 g/mol. The molecule has 1 aliphatic rings. The summed E-state index contributed by atoms with van der Waals surface area (Å²) in [5.74, 6) is 0.384. The Morgan fingerprint density at radius 3 is 2.75 bits per heavy atom. The van der Waals surface area contributed by atoms with Crippen LogP contribution in [0, 0.1) is 0 Å². The molecular weight excluding hydrogens is 310 g/mol. The lowest BCUT2D eigenvalue weighted by Crippen LogP contribution is -2.45. The van der Waals surface area contributed by atoms with Gasteiger partial charge in [-0.3, -0.25) is 0 Å². The standard InChI is InChI=1S/C18H25NO5/c1-18(2,3)24-17(21)19-14(16(20)22-4)11-12-7-8-15-13(10-12)6-5-9-23-15/h7-8,10,14H,5-6,9,11H2,1-4H3,(H,19,21). The number of esters is 1. The lowest BCUT2D eigenvalue weighted by Gasteiger charge is -2.23. The third-order valence-electron chi connectivity index (χ3n) is 3.59. The Hall–Kier alpha value is -2.24. The molecule has 6 heteroatoms. The van der Waals surface area contributed by atoms with E-state index in [-0.39, 0.29) is 0 Å². The maximum Gasteiger partial charge on any atom is 0.408 e. The minimum Gasteiger partial charge on any atom is -0.493 e. The van der Waals surface area contributed by atoms with Gasteiger partial charge in [0.05, 0.1) is 13.7 Å². The SMILES string of the molecule is COC(=O)C(Cc1ccc2c(c1)CCCO2)NC(=O)OC(C)(C)C. The van der Waals surface area contributed by atoms with Gasteiger partial charge in [0, 0.05) is 6.42 Å². The largest absolute Gasteiger partial charge is 0.493 e. The lowest BCUT2D eigenvalue weighted by atomic mass is 9.99. The zero-order valence-corrected chi connectivity index (χ0v) is 14.7. The molecule has 1 heterocycles. The Kier molecular flexibility index (Phi) is 5.70. The molecule has 1 aromatic carbocycles. The number of fused-ring (bicyclic) bond motifs is 1. The monoisotopic (exact) mass is 335 g/mol. The molecule has 24 heavy (non-hydrogen) atoms. The predicted octanol–water partition coefficient (Wildman–Crippen LogP) is 2.62. The van der Waals surface area contributed by atoms with Crippen LogP contribution in [0.25, 0.3) is 0 Å². The molecule has 1 amide bonds. The van der Waals surface area contributed by atoms with Crippen molar-refractivity contribution in [2.24, 2.45) is 0 Å². The second kappa shape index (κ2) is 7.55. The highest BCUT2D eigenvalue weighted by Crippen LogP contribution is 2.26. The molecule has 2 rings (SSSR count). The van der Waals surface area contributed by atoms with Crippen LogP contribution in [-0.2, 0) is 27.1 Å². The number of carbonyl (C=O) groups is 2. The fourth-order valence-electron chi connectivity index (χ4n) is 2.56. The van der Waals surface area contributed by atoms with Gasteiger partial charge in [-0.15, -0.1) is 0 Å². The van der Waals surface area contributed by atoms with Crippen molar-refractivity contribution in [2.75, 3.05) is 13.7 Å². The summed E-state index contributed by atoms with van der Waals surface area (Å²) in [6, 6.07) is 5.02. The molecule has 1 unspecified atom stereocenters. The van der Waals surface area contributed by atoms with Crippen LogP contribution >= 0.6 is 0 Å². The van der Waals surface area contributed by atoms with Crippen LogP contribution in [0.1, 0.15) is 38.3 Å². The number of benzene rings is 1. The van der Waals surface area contributed by atoms with Gasteiger partial charge in [0.2, 0.25) is 0 Å². The van der Waals surface area contributed by atoms with Crippen molar-refractivity contribution in [1.29, 1.82) is 0 Å². The van der Waals surface area contributed by atoms with Gasteiger partial charge in [0.1, 0.15) is 17.4 Å². The summed E-state index contributed by atoms with van der Waals surface area (Å²) in [4.78, 5) is 23.9. The molecule has 6 nitrogen and oxygen atoms in total. The number of rotatable bonds is 4. The number of methoxy groups -OCH3 is 1. The molecule has 0 saturated heterocycles. The Labute approximate surface area is 142 Å². The molecule has 0 spiro atoms. The van der Waals surface area contributed by atoms with Gasteiger partial charge < -0.3 is 19.5 Å². The quantitative estimate of drug-likeness (QED) is 0.856. The first-order chi connectivity index (χ1) is 11.3. The Bertz CT molecular complexity index is 606. The van der Waals surface area contributed by atoms with Crippen LogP contribution in [0.15, 0.2) is 18.2 Å². The van der Waals surface area contributed by atoms with Gasteiger partial charge in [-0.1, -0.05) is 12.1 Å². The summed E-state index contributed by atoms with van der Waals surface area (Å²) in [6.45, 7) is 6.03. The number of alkyl carbamates (subject to hydrolysis) is 1. The van der Waals surface area contributed by atoms with E-state index in [1.165, 1.54) is 7.11 Å². The number of hydrogen-bond acceptors (Lipinski definition) is 5. The highest BCUT2D eigenvalue weighted by Gasteiger charge is 2.25. The zero-order valence-electron chi connectivity index (χ0n) is 14.7. The van der Waals surface area contributed by atoms with E-state index in [0.717, 1.165) is 36.3 Å². The van der Waals surface area contributed by atoms with Crippen LogP contribution in [0.2, 0.25) is 0 Å². The first-order valence-corrected chi connectivity index (χ1v) is 8.10. The van der Waals surface area contributed by atoms with Crippen molar-refractivity contribution in [3.63, 3.8) is 0 Å². The van der Waals surface area contributed by atoms with E-state index in [0.29, 0.717) is 6.42 Å². The van der Waals surface area contributed by atoms with Gasteiger partial charge in [0.25, 0.3) is 0 Å². The molecule has 0 aromatic heterocycles. The van der Waals surface area contributed by atoms with E-state index < -0.39 is 23.7 Å². The second-order valence-corrected chi connectivity index (χ2v) is 6.82. The average Bonchev–Trinajstić information content (AvgIpc) is 2.51. The summed E-state index contributed by atoms with van der Waals surface area (Å²) in [7, 11) is 1.30. The first kappa shape index (κ1) is 18.1. The zero-order chi connectivity index (χ0) is 17.7. The van der Waals surface area contributed by atoms with Crippen LogP contribution in [0.5, 0.6) is 5.75 Å². The van der Waals surface area contributed by atoms with Gasteiger partial charge >= 0.3 is 12.1 Å². The van der Waals surface area contributed by atoms with Crippen molar-refractivity contribution in [2.45, 2.75) is 51.7 Å². The van der Waals surface area contributed by atoms with E-state index in [1.54, 1.807) is 20.8 Å². The third kappa shape index (κ3) is 5.15. The Balaban J connectivity index is 2.08. The molecule has 0 bridgehead atoms. The normalized spacial score (nSPS) is 14.8. The van der Waals surface area contributed by atoms with E-state index in [1.807, 2.05) is 18.2 Å². The van der Waals surface area contributed by atoms with Crippen molar-refractivity contribution in [1.82, 2.24) is 5.32 Å². The summed E-state index contributed by atoms with van der Waals surface area (Å²) < 4.78 is 15.6. The molecule has 0 radical (unpaired) electrons. The Morgan fingerprint density at radius 1 is 1.33 bits per heavy atom. The van der Waals surface area contributed by atoms with Gasteiger partial charge in [-0.05, 0) is 50.8 Å². The number of nitrogens with one attached hydrogen (secondary N) is 1. The topological polar surface area (TPSA) is 73.9 Å². The van der Waals surface area contributed by atoms with Crippen LogP contribution in [0.3, 0.4) is 0 Å². The number of aryl methyl sites for hydroxylation is 1. The van der Waals surface area contributed by atoms with E-state index in [4.69, 9.17) is 14.2 Å². The maximum absolute atomic E-state index is 12.0. The molecule has 0 saturated carbocycles. The molecule has 1 N–H and O–H groups in total. The summed E-state index contributed by atoms with van der Waals surface area (Å²) in [5.41, 5.74) is 1.43. The van der Waals surface area contributed by atoms with Crippen LogP contribution in [0.4, 0.5) is 4.79 Å². The molecule has 1 aliphatic heterocycles. The predicted molar refractivity (Wildman–Crippen MR) is 89.1 cm³/mol. The summed E-state index contributed by atoms with van der Waals surface area (Å²) >= 11 is 0. The number of hydrogen-bond donors (Lipinski definition) is 1. The minimum atomic E-state index is -0.799. The third-order valence-corrected chi connectivity index (χ3v) is 3.59. The highest BCUT2D eigenvalue weighted by molar-refractivity contribution is 5.81. The molecule has 1 aromatic rings. The molecule has 0 fully saturated rings. The first-order valence-electron chi connectivity index (χ1n) is 8.10. The molecule has 132 valence electrons. The maximum atomic E-state index is 12.0. The van der Waals surface area contributed by atoms with Crippen molar-refractivity contribution >= 4 is 12.1 Å². The van der Waals surface area contributed by atoms with Gasteiger partial charge in [-0.25, -0.2) is 9.59 Å². The van der Waals surface area contributed by atoms with E-state index in [2.05, 4.69) is 5.32 Å². The minimum absolute atomic E-state index is 0.333. The van der Waals surface area contributed by atoms with Crippen molar-refractivity contribution < 1.29 is 23.8 Å².